The number of anilines is 1. The molecule has 0 bridgehead atoms. The van der Waals surface area contributed by atoms with Gasteiger partial charge in [0.2, 0.25) is 5.79 Å². The van der Waals surface area contributed by atoms with E-state index in [-0.39, 0.29) is 56.4 Å². The van der Waals surface area contributed by atoms with Crippen LogP contribution in [0.15, 0.2) is 96.2 Å². The SMILES string of the molecule is C=CCO[C@@]12Oc3ccc(OC(=O)Nc4ccc(OC)cc4OC)cc3[C@H]3[C@H](CCCCO)[C@@H](CCCCO)C=C(C(=NOCc4ccccc4)C[C@@H]1N(CCC)C(=O)OC)[C@H]32. The molecule has 3 N–H and O–H groups in total. The number of carbonyl (C=O) groups is 2. The Balaban J connectivity index is 1.52. The number of benzene rings is 3. The van der Waals surface area contributed by atoms with Crippen LogP contribution in [0.4, 0.5) is 15.3 Å². The number of hydrogen-bond acceptors (Lipinski definition) is 12. The topological polar surface area (TPSA) is 167 Å². The van der Waals surface area contributed by atoms with Crippen molar-refractivity contribution in [2.45, 2.75) is 82.6 Å². The number of amides is 2. The van der Waals surface area contributed by atoms with Gasteiger partial charge in [0.25, 0.3) is 0 Å². The van der Waals surface area contributed by atoms with E-state index in [1.54, 1.807) is 48.4 Å². The number of aliphatic hydroxyl groups is 2. The maximum atomic E-state index is 13.9. The molecule has 0 aromatic heterocycles. The molecule has 2 aliphatic carbocycles. The number of nitrogens with one attached hydrogen (secondary N) is 1. The lowest BCUT2D eigenvalue weighted by Crippen LogP contribution is -2.70. The average molecular weight is 856 g/mol. The highest BCUT2D eigenvalue weighted by molar-refractivity contribution is 6.03. The van der Waals surface area contributed by atoms with Crippen LogP contribution in [-0.2, 0) is 20.9 Å². The largest absolute Gasteiger partial charge is 0.497 e. The summed E-state index contributed by atoms with van der Waals surface area (Å²) in [6.45, 7) is 6.82. The normalized spacial score (nSPS) is 22.8. The number of allylic oxidation sites excluding steroid dienone is 1. The van der Waals surface area contributed by atoms with Crippen LogP contribution in [0.3, 0.4) is 0 Å². The van der Waals surface area contributed by atoms with Gasteiger partial charge < -0.3 is 43.5 Å². The lowest BCUT2D eigenvalue weighted by atomic mass is 9.55. The van der Waals surface area contributed by atoms with E-state index in [1.807, 2.05) is 43.3 Å². The Morgan fingerprint density at radius 1 is 0.968 bits per heavy atom. The van der Waals surface area contributed by atoms with Crippen molar-refractivity contribution in [3.8, 4) is 23.0 Å². The second-order valence-electron chi connectivity index (χ2n) is 15.8. The predicted molar refractivity (Wildman–Crippen MR) is 235 cm³/mol. The van der Waals surface area contributed by atoms with Gasteiger partial charge in [0, 0.05) is 43.7 Å². The highest BCUT2D eigenvalue weighted by atomic mass is 16.7. The minimum atomic E-state index is -1.45. The van der Waals surface area contributed by atoms with Crippen LogP contribution in [0, 0.1) is 17.8 Å². The molecule has 14 nitrogen and oxygen atoms in total. The van der Waals surface area contributed by atoms with Gasteiger partial charge in [0.1, 0.15) is 35.6 Å². The number of fused-ring (bicyclic) bond motifs is 2. The molecule has 1 fully saturated rings. The summed E-state index contributed by atoms with van der Waals surface area (Å²) >= 11 is 0. The first-order valence-electron chi connectivity index (χ1n) is 21.5. The fourth-order valence-electron chi connectivity index (χ4n) is 9.35. The van der Waals surface area contributed by atoms with Crippen LogP contribution in [-0.4, -0.2) is 92.5 Å². The Morgan fingerprint density at radius 2 is 1.73 bits per heavy atom. The molecule has 0 spiro atoms. The van der Waals surface area contributed by atoms with E-state index in [0.29, 0.717) is 54.5 Å². The lowest BCUT2D eigenvalue weighted by molar-refractivity contribution is -0.255. The molecule has 3 aliphatic rings. The number of carbonyl (C=O) groups excluding carboxylic acids is 2. The first kappa shape index (κ1) is 45.9. The molecule has 1 heterocycles. The fraction of sp³-hybridized carbons (Fsp3) is 0.479. The first-order chi connectivity index (χ1) is 30.2. The molecule has 2 amide bonds. The molecule has 6 rings (SSSR count). The van der Waals surface area contributed by atoms with Crippen LogP contribution < -0.4 is 24.3 Å². The maximum Gasteiger partial charge on any atom is 0.417 e. The van der Waals surface area contributed by atoms with E-state index in [9.17, 15) is 19.8 Å². The van der Waals surface area contributed by atoms with Gasteiger partial charge in [-0.25, -0.2) is 9.59 Å². The van der Waals surface area contributed by atoms with Gasteiger partial charge in [-0.2, -0.15) is 0 Å². The van der Waals surface area contributed by atoms with Gasteiger partial charge in [-0.15, -0.1) is 6.58 Å². The van der Waals surface area contributed by atoms with E-state index in [1.165, 1.54) is 14.2 Å². The molecule has 1 saturated carbocycles. The molecule has 14 heteroatoms. The summed E-state index contributed by atoms with van der Waals surface area (Å²) < 4.78 is 36.4. The number of aliphatic hydroxyl groups excluding tert-OH is 2. The standard InChI is InChI=1S/C48H61N3O11/c1-6-23-51(47(55)58-5)43-30-40(50-60-31-32-15-9-8-10-16-32)37-27-33(17-11-13-24-52)36(18-12-14-25-53)44-38-28-35(20-22-41(38)62-48(43,45(37)44)59-26-7-2)61-46(54)49-39-21-19-34(56-3)29-42(39)57-4/h7-10,15-16,19-22,27-29,33,36,43-45,52-53H,2,6,11-14,17-18,23-26,30-31H2,1,3-5H3,(H,49,54)/t33-,36+,43-,44+,45+,48+/m0/s1. The highest BCUT2D eigenvalue weighted by Crippen LogP contribution is 2.62. The van der Waals surface area contributed by atoms with Gasteiger partial charge in [0.15, 0.2) is 0 Å². The highest BCUT2D eigenvalue weighted by Gasteiger charge is 2.65. The van der Waals surface area contributed by atoms with Gasteiger partial charge in [-0.3, -0.25) is 10.2 Å². The number of hydrogen-bond donors (Lipinski definition) is 3. The van der Waals surface area contributed by atoms with Crippen LogP contribution >= 0.6 is 0 Å². The summed E-state index contributed by atoms with van der Waals surface area (Å²) in [5.41, 5.74) is 3.71. The van der Waals surface area contributed by atoms with Crippen molar-refractivity contribution in [2.24, 2.45) is 22.9 Å². The molecule has 0 radical (unpaired) electrons. The summed E-state index contributed by atoms with van der Waals surface area (Å²) in [5, 5.41) is 27.5. The van der Waals surface area contributed by atoms with E-state index in [4.69, 9.17) is 38.4 Å². The quantitative estimate of drug-likeness (QED) is 0.0533. The van der Waals surface area contributed by atoms with Crippen molar-refractivity contribution < 1.29 is 53.1 Å². The summed E-state index contributed by atoms with van der Waals surface area (Å²) in [6.07, 6.45) is 7.88. The Kier molecular flexibility index (Phi) is 16.3. The van der Waals surface area contributed by atoms with Crippen molar-refractivity contribution >= 4 is 23.6 Å². The monoisotopic (exact) mass is 855 g/mol. The second kappa shape index (κ2) is 22.0. The zero-order valence-corrected chi connectivity index (χ0v) is 36.3. The third-order valence-electron chi connectivity index (χ3n) is 12.0. The molecular formula is C48H61N3O11. The van der Waals surface area contributed by atoms with Crippen molar-refractivity contribution in [3.05, 3.63) is 102 Å². The third kappa shape index (κ3) is 10.2. The molecule has 0 unspecified atom stereocenters. The minimum Gasteiger partial charge on any atom is -0.497 e. The Morgan fingerprint density at radius 3 is 2.42 bits per heavy atom. The molecule has 3 aromatic carbocycles. The summed E-state index contributed by atoms with van der Waals surface area (Å²) in [5.74, 6) is -0.555. The zero-order valence-electron chi connectivity index (χ0n) is 36.3. The van der Waals surface area contributed by atoms with Crippen LogP contribution in [0.25, 0.3) is 0 Å². The molecule has 334 valence electrons. The van der Waals surface area contributed by atoms with Crippen LogP contribution in [0.1, 0.15) is 75.3 Å². The van der Waals surface area contributed by atoms with Gasteiger partial charge >= 0.3 is 12.2 Å². The van der Waals surface area contributed by atoms with Crippen molar-refractivity contribution in [1.82, 2.24) is 4.90 Å². The number of rotatable bonds is 21. The van der Waals surface area contributed by atoms with Gasteiger partial charge in [0.05, 0.1) is 45.3 Å². The van der Waals surface area contributed by atoms with E-state index >= 15 is 0 Å². The minimum absolute atomic E-state index is 0.0122. The molecule has 6 atom stereocenters. The Bertz CT molecular complexity index is 2040. The predicted octanol–water partition coefficient (Wildman–Crippen LogP) is 8.63. The molecule has 1 aliphatic heterocycles. The zero-order chi connectivity index (χ0) is 44.1. The maximum absolute atomic E-state index is 13.9. The lowest BCUT2D eigenvalue weighted by Gasteiger charge is -2.59. The summed E-state index contributed by atoms with van der Waals surface area (Å²) in [4.78, 5) is 35.2. The van der Waals surface area contributed by atoms with Gasteiger partial charge in [-0.05, 0) is 85.4 Å². The molecular weight excluding hydrogens is 795 g/mol. The van der Waals surface area contributed by atoms with Crippen LogP contribution in [0.2, 0.25) is 0 Å². The van der Waals surface area contributed by atoms with E-state index in [2.05, 4.69) is 18.0 Å². The molecule has 0 saturated heterocycles. The first-order valence-corrected chi connectivity index (χ1v) is 21.5. The van der Waals surface area contributed by atoms with Crippen LogP contribution in [0.5, 0.6) is 23.0 Å². The molecule has 62 heavy (non-hydrogen) atoms. The van der Waals surface area contributed by atoms with Crippen molar-refractivity contribution in [2.75, 3.05) is 53.0 Å². The molecule has 3 aromatic rings. The van der Waals surface area contributed by atoms with Crippen molar-refractivity contribution in [3.63, 3.8) is 0 Å². The number of oxime groups is 1. The van der Waals surface area contributed by atoms with Crippen molar-refractivity contribution in [1.29, 1.82) is 0 Å². The second-order valence-corrected chi connectivity index (χ2v) is 15.8. The van der Waals surface area contributed by atoms with E-state index in [0.717, 1.165) is 42.4 Å². The summed E-state index contributed by atoms with van der Waals surface area (Å²) in [7, 11) is 4.42. The fourth-order valence-corrected chi connectivity index (χ4v) is 9.35. The number of unbranched alkanes of at least 4 members (excludes halogenated alkanes) is 2. The van der Waals surface area contributed by atoms with E-state index < -0.39 is 29.9 Å². The Labute approximate surface area is 364 Å². The average Bonchev–Trinajstić information content (AvgIpc) is 3.29. The summed E-state index contributed by atoms with van der Waals surface area (Å²) in [6, 6.07) is 19.4. The third-order valence-corrected chi connectivity index (χ3v) is 12.0. The number of methoxy groups -OCH3 is 3. The smallest absolute Gasteiger partial charge is 0.417 e. The Hall–Kier alpha value is -5.57. The van der Waals surface area contributed by atoms with Gasteiger partial charge in [-0.1, -0.05) is 67.4 Å². The number of nitrogens with zero attached hydrogens (tertiary/aromatic N) is 2. The number of ether oxygens (including phenoxy) is 6.